The highest BCUT2D eigenvalue weighted by molar-refractivity contribution is 5.88. The van der Waals surface area contributed by atoms with Gasteiger partial charge in [0.2, 0.25) is 0 Å². The van der Waals surface area contributed by atoms with E-state index in [9.17, 15) is 14.7 Å². The summed E-state index contributed by atoms with van der Waals surface area (Å²) in [7, 11) is 0. The fourth-order valence-corrected chi connectivity index (χ4v) is 3.74. The minimum atomic E-state index is -0.908. The van der Waals surface area contributed by atoms with Crippen LogP contribution in [0.4, 0.5) is 5.82 Å². The Labute approximate surface area is 168 Å². The summed E-state index contributed by atoms with van der Waals surface area (Å²) in [6.45, 7) is 4.92. The Morgan fingerprint density at radius 3 is 2.86 bits per heavy atom. The lowest BCUT2D eigenvalue weighted by Crippen LogP contribution is -2.37. The van der Waals surface area contributed by atoms with Crippen LogP contribution in [0.2, 0.25) is 0 Å². The van der Waals surface area contributed by atoms with E-state index in [1.807, 2.05) is 25.1 Å². The van der Waals surface area contributed by atoms with Crippen LogP contribution >= 0.6 is 0 Å². The van der Waals surface area contributed by atoms with Crippen LogP contribution in [0.5, 0.6) is 0 Å². The van der Waals surface area contributed by atoms with Gasteiger partial charge >= 0.3 is 5.97 Å². The predicted molar refractivity (Wildman–Crippen MR) is 109 cm³/mol. The highest BCUT2D eigenvalue weighted by atomic mass is 16.5. The van der Waals surface area contributed by atoms with Crippen molar-refractivity contribution in [2.45, 2.75) is 26.3 Å². The SMILES string of the molecule is Cc1cc(CNC2=C(C(=O)O)CCC=C2)c2nc(N3CCOCC3)cc(=O)n2c1. The Balaban J connectivity index is 1.71. The van der Waals surface area contributed by atoms with Crippen LogP contribution in [0.3, 0.4) is 0 Å². The van der Waals surface area contributed by atoms with Crippen LogP contribution in [0.25, 0.3) is 5.65 Å². The largest absolute Gasteiger partial charge is 0.478 e. The van der Waals surface area contributed by atoms with E-state index in [4.69, 9.17) is 9.72 Å². The number of allylic oxidation sites excluding steroid dienone is 2. The predicted octanol–water partition coefficient (Wildman–Crippen LogP) is 1.62. The number of nitrogens with zero attached hydrogens (tertiary/aromatic N) is 3. The number of rotatable bonds is 5. The van der Waals surface area contributed by atoms with E-state index < -0.39 is 5.97 Å². The lowest BCUT2D eigenvalue weighted by Gasteiger charge is -2.28. The lowest BCUT2D eigenvalue weighted by atomic mass is 10.0. The van der Waals surface area contributed by atoms with Gasteiger partial charge < -0.3 is 20.1 Å². The van der Waals surface area contributed by atoms with Crippen LogP contribution in [0, 0.1) is 6.92 Å². The second-order valence-electron chi connectivity index (χ2n) is 7.28. The van der Waals surface area contributed by atoms with Crippen molar-refractivity contribution < 1.29 is 14.6 Å². The molecule has 2 aromatic heterocycles. The van der Waals surface area contributed by atoms with Gasteiger partial charge in [-0.3, -0.25) is 9.20 Å². The Morgan fingerprint density at radius 1 is 1.31 bits per heavy atom. The van der Waals surface area contributed by atoms with Crippen molar-refractivity contribution in [3.63, 3.8) is 0 Å². The molecule has 0 radical (unpaired) electrons. The maximum absolute atomic E-state index is 12.7. The highest BCUT2D eigenvalue weighted by Crippen LogP contribution is 2.20. The van der Waals surface area contributed by atoms with E-state index in [0.717, 1.165) is 17.5 Å². The lowest BCUT2D eigenvalue weighted by molar-refractivity contribution is -0.132. The number of carboxylic acids is 1. The molecule has 8 nitrogen and oxygen atoms in total. The molecule has 0 atom stereocenters. The molecule has 2 aromatic rings. The van der Waals surface area contributed by atoms with Gasteiger partial charge in [0, 0.05) is 43.2 Å². The number of morpholine rings is 1. The van der Waals surface area contributed by atoms with E-state index in [-0.39, 0.29) is 5.56 Å². The smallest absolute Gasteiger partial charge is 0.333 e. The first kappa shape index (κ1) is 19.2. The molecule has 1 aliphatic carbocycles. The average Bonchev–Trinajstić information content (AvgIpc) is 2.73. The number of aryl methyl sites for hydroxylation is 1. The highest BCUT2D eigenvalue weighted by Gasteiger charge is 2.18. The van der Waals surface area contributed by atoms with Gasteiger partial charge in [-0.2, -0.15) is 0 Å². The molecule has 29 heavy (non-hydrogen) atoms. The molecule has 8 heteroatoms. The van der Waals surface area contributed by atoms with Gasteiger partial charge in [0.25, 0.3) is 5.56 Å². The number of carboxylic acid groups (broad SMARTS) is 1. The van der Waals surface area contributed by atoms with Crippen molar-refractivity contribution in [3.8, 4) is 0 Å². The monoisotopic (exact) mass is 396 g/mol. The number of ether oxygens (including phenoxy) is 1. The number of hydrogen-bond acceptors (Lipinski definition) is 6. The van der Waals surface area contributed by atoms with Gasteiger partial charge in [0.05, 0.1) is 18.8 Å². The topological polar surface area (TPSA) is 96.2 Å². The van der Waals surface area contributed by atoms with Crippen LogP contribution in [0.15, 0.2) is 46.5 Å². The van der Waals surface area contributed by atoms with Gasteiger partial charge in [-0.05, 0) is 37.5 Å². The molecule has 1 aliphatic heterocycles. The first-order valence-electron chi connectivity index (χ1n) is 9.75. The van der Waals surface area contributed by atoms with Crippen molar-refractivity contribution in [3.05, 3.63) is 63.2 Å². The zero-order chi connectivity index (χ0) is 20.4. The fraction of sp³-hybridized carbons (Fsp3) is 0.381. The fourth-order valence-electron chi connectivity index (χ4n) is 3.74. The Kier molecular flexibility index (Phi) is 5.35. The van der Waals surface area contributed by atoms with Crippen molar-refractivity contribution in [2.24, 2.45) is 0 Å². The first-order valence-corrected chi connectivity index (χ1v) is 9.75. The van der Waals surface area contributed by atoms with Crippen LogP contribution < -0.4 is 15.8 Å². The third kappa shape index (κ3) is 4.02. The minimum absolute atomic E-state index is 0.135. The Bertz CT molecular complexity index is 1060. The molecule has 1 fully saturated rings. The maximum atomic E-state index is 12.7. The molecule has 0 unspecified atom stereocenters. The molecule has 0 amide bonds. The summed E-state index contributed by atoms with van der Waals surface area (Å²) in [5.74, 6) is -0.263. The summed E-state index contributed by atoms with van der Waals surface area (Å²) >= 11 is 0. The minimum Gasteiger partial charge on any atom is -0.478 e. The Hall–Kier alpha value is -3.13. The van der Waals surface area contributed by atoms with Crippen molar-refractivity contribution >= 4 is 17.4 Å². The number of aromatic nitrogens is 2. The quantitative estimate of drug-likeness (QED) is 0.793. The normalized spacial score (nSPS) is 17.1. The molecule has 1 saturated heterocycles. The molecule has 2 aliphatic rings. The third-order valence-electron chi connectivity index (χ3n) is 5.19. The van der Waals surface area contributed by atoms with E-state index >= 15 is 0 Å². The molecule has 0 spiro atoms. The summed E-state index contributed by atoms with van der Waals surface area (Å²) in [6, 6.07) is 3.54. The van der Waals surface area contributed by atoms with E-state index in [1.165, 1.54) is 0 Å². The summed E-state index contributed by atoms with van der Waals surface area (Å²) in [5.41, 5.74) is 3.20. The van der Waals surface area contributed by atoms with Gasteiger partial charge in [-0.25, -0.2) is 9.78 Å². The van der Waals surface area contributed by atoms with Crippen molar-refractivity contribution in [1.82, 2.24) is 14.7 Å². The number of carbonyl (C=O) groups is 1. The molecular formula is C21H24N4O4. The van der Waals surface area contributed by atoms with E-state index in [0.29, 0.717) is 62.0 Å². The second kappa shape index (κ2) is 8.08. The second-order valence-corrected chi connectivity index (χ2v) is 7.28. The zero-order valence-electron chi connectivity index (χ0n) is 16.4. The average molecular weight is 396 g/mol. The summed E-state index contributed by atoms with van der Waals surface area (Å²) in [5, 5.41) is 12.7. The molecule has 3 heterocycles. The summed E-state index contributed by atoms with van der Waals surface area (Å²) in [6.07, 6.45) is 6.77. The number of aliphatic carboxylic acids is 1. The number of hydrogen-bond donors (Lipinski definition) is 2. The van der Waals surface area contributed by atoms with Gasteiger partial charge in [-0.1, -0.05) is 6.08 Å². The van der Waals surface area contributed by atoms with Gasteiger partial charge in [0.1, 0.15) is 11.5 Å². The molecule has 0 saturated carbocycles. The van der Waals surface area contributed by atoms with Gasteiger partial charge in [-0.15, -0.1) is 0 Å². The molecule has 152 valence electrons. The van der Waals surface area contributed by atoms with Gasteiger partial charge in [0.15, 0.2) is 0 Å². The van der Waals surface area contributed by atoms with Crippen LogP contribution in [-0.2, 0) is 16.1 Å². The Morgan fingerprint density at radius 2 is 2.10 bits per heavy atom. The van der Waals surface area contributed by atoms with Crippen LogP contribution in [-0.4, -0.2) is 46.8 Å². The van der Waals surface area contributed by atoms with E-state index in [2.05, 4.69) is 10.2 Å². The molecule has 4 rings (SSSR count). The number of fused-ring (bicyclic) bond motifs is 1. The first-order chi connectivity index (χ1) is 14.0. The maximum Gasteiger partial charge on any atom is 0.333 e. The van der Waals surface area contributed by atoms with E-state index in [1.54, 1.807) is 16.7 Å². The third-order valence-corrected chi connectivity index (χ3v) is 5.19. The number of nitrogens with one attached hydrogen (secondary N) is 1. The number of pyridine rings is 1. The number of anilines is 1. The molecule has 0 aromatic carbocycles. The summed E-state index contributed by atoms with van der Waals surface area (Å²) < 4.78 is 6.95. The summed E-state index contributed by atoms with van der Waals surface area (Å²) in [4.78, 5) is 31.1. The van der Waals surface area contributed by atoms with Crippen LogP contribution in [0.1, 0.15) is 24.0 Å². The zero-order valence-corrected chi connectivity index (χ0v) is 16.4. The molecular weight excluding hydrogens is 372 g/mol. The molecule has 0 bridgehead atoms. The molecule has 2 N–H and O–H groups in total. The standard InChI is InChI=1S/C21H24N4O4/c1-14-10-15(12-22-17-5-3-2-4-16(17)21(27)28)20-23-18(11-19(26)25(20)13-14)24-6-8-29-9-7-24/h3,5,10-11,13,22H,2,4,6-9,12H2,1H3,(H,27,28). The van der Waals surface area contributed by atoms with Crippen molar-refractivity contribution in [1.29, 1.82) is 0 Å². The van der Waals surface area contributed by atoms with Crippen molar-refractivity contribution in [2.75, 3.05) is 31.2 Å².